The molecule has 1 amide bonds. The van der Waals surface area contributed by atoms with Gasteiger partial charge < -0.3 is 29.0 Å². The highest BCUT2D eigenvalue weighted by Gasteiger charge is 2.52. The van der Waals surface area contributed by atoms with Crippen LogP contribution in [0.5, 0.6) is 0 Å². The molecule has 0 aromatic heterocycles. The van der Waals surface area contributed by atoms with E-state index in [0.29, 0.717) is 5.56 Å². The topological polar surface area (TPSA) is 144 Å². The molecule has 11 nitrogen and oxygen atoms in total. The fraction of sp³-hybridized carbons (Fsp3) is 0.500. The van der Waals surface area contributed by atoms with Crippen LogP contribution in [-0.2, 0) is 54.1 Å². The van der Waals surface area contributed by atoms with Crippen molar-refractivity contribution in [3.8, 4) is 0 Å². The average molecular weight is 465 g/mol. The predicted molar refractivity (Wildman–Crippen MR) is 110 cm³/mol. The van der Waals surface area contributed by atoms with Crippen molar-refractivity contribution in [2.75, 3.05) is 6.61 Å². The van der Waals surface area contributed by atoms with Crippen LogP contribution >= 0.6 is 0 Å². The molecule has 180 valence electrons. The number of nitrogens with one attached hydrogen (secondary N) is 1. The largest absolute Gasteiger partial charge is 0.463 e. The third-order valence-electron chi connectivity index (χ3n) is 4.52. The van der Waals surface area contributed by atoms with Crippen LogP contribution in [-0.4, -0.2) is 67.0 Å². The zero-order chi connectivity index (χ0) is 24.5. The summed E-state index contributed by atoms with van der Waals surface area (Å²) < 4.78 is 26.6. The summed E-state index contributed by atoms with van der Waals surface area (Å²) in [5.41, 5.74) is 0.712. The molecule has 11 heteroatoms. The monoisotopic (exact) mass is 465 g/mol. The highest BCUT2D eigenvalue weighted by Crippen LogP contribution is 2.28. The lowest BCUT2D eigenvalue weighted by Gasteiger charge is -2.44. The molecule has 0 saturated carbocycles. The molecule has 0 bridgehead atoms. The van der Waals surface area contributed by atoms with Crippen LogP contribution in [0.1, 0.15) is 33.3 Å². The minimum absolute atomic E-state index is 0.0218. The number of carbonyl (C=O) groups is 5. The summed E-state index contributed by atoms with van der Waals surface area (Å²) in [6.07, 6.45) is -5.15. The van der Waals surface area contributed by atoms with E-state index in [2.05, 4.69) is 5.32 Å². The minimum Gasteiger partial charge on any atom is -0.463 e. The Kier molecular flexibility index (Phi) is 9.34. The SMILES string of the molecule is CC(=O)OCC1OC(OC(C)=O)[C@H](NC(=O)Cc2ccccc2)[C@@H](OC(C)=O)[C@H]1OC(C)=O. The maximum Gasteiger partial charge on any atom is 0.305 e. The van der Waals surface area contributed by atoms with Gasteiger partial charge in [-0.2, -0.15) is 0 Å². The van der Waals surface area contributed by atoms with Gasteiger partial charge in [-0.05, 0) is 5.56 Å². The Morgan fingerprint density at radius 2 is 1.39 bits per heavy atom. The van der Waals surface area contributed by atoms with Gasteiger partial charge in [-0.3, -0.25) is 24.0 Å². The zero-order valence-corrected chi connectivity index (χ0v) is 18.8. The quantitative estimate of drug-likeness (QED) is 0.424. The summed E-state index contributed by atoms with van der Waals surface area (Å²) in [5, 5.41) is 2.65. The Morgan fingerprint density at radius 1 is 0.818 bits per heavy atom. The van der Waals surface area contributed by atoms with E-state index in [-0.39, 0.29) is 13.0 Å². The zero-order valence-electron chi connectivity index (χ0n) is 18.8. The third kappa shape index (κ3) is 8.19. The lowest BCUT2D eigenvalue weighted by molar-refractivity contribution is -0.271. The van der Waals surface area contributed by atoms with Crippen molar-refractivity contribution >= 4 is 29.8 Å². The average Bonchev–Trinajstić information content (AvgIpc) is 2.70. The fourth-order valence-electron chi connectivity index (χ4n) is 3.34. The molecular weight excluding hydrogens is 438 g/mol. The summed E-state index contributed by atoms with van der Waals surface area (Å²) >= 11 is 0. The molecule has 1 aliphatic rings. The van der Waals surface area contributed by atoms with E-state index in [1.54, 1.807) is 30.3 Å². The van der Waals surface area contributed by atoms with Crippen LogP contribution < -0.4 is 5.32 Å². The number of esters is 4. The van der Waals surface area contributed by atoms with Crippen molar-refractivity contribution in [3.63, 3.8) is 0 Å². The molecule has 1 heterocycles. The highest BCUT2D eigenvalue weighted by atomic mass is 16.7. The molecule has 1 aromatic rings. The Bertz CT molecular complexity index is 871. The molecule has 1 N–H and O–H groups in total. The van der Waals surface area contributed by atoms with E-state index in [1.165, 1.54) is 6.92 Å². The van der Waals surface area contributed by atoms with Crippen molar-refractivity contribution in [3.05, 3.63) is 35.9 Å². The van der Waals surface area contributed by atoms with Crippen molar-refractivity contribution in [2.45, 2.75) is 64.8 Å². The maximum absolute atomic E-state index is 12.7. The smallest absolute Gasteiger partial charge is 0.305 e. The second-order valence-corrected chi connectivity index (χ2v) is 7.36. The van der Waals surface area contributed by atoms with Crippen LogP contribution in [0, 0.1) is 0 Å². The number of rotatable bonds is 8. The predicted octanol–water partition coefficient (Wildman–Crippen LogP) is 0.428. The first-order valence-electron chi connectivity index (χ1n) is 10.2. The Hall–Kier alpha value is -3.47. The van der Waals surface area contributed by atoms with Gasteiger partial charge in [-0.15, -0.1) is 0 Å². The molecule has 0 radical (unpaired) electrons. The summed E-state index contributed by atoms with van der Waals surface area (Å²) in [4.78, 5) is 59.4. The maximum atomic E-state index is 12.7. The van der Waals surface area contributed by atoms with Gasteiger partial charge in [0.05, 0.1) is 6.42 Å². The number of amides is 1. The molecule has 1 fully saturated rings. The lowest BCUT2D eigenvalue weighted by Crippen LogP contribution is -2.67. The van der Waals surface area contributed by atoms with Gasteiger partial charge in [0.25, 0.3) is 0 Å². The molecule has 2 rings (SSSR count). The fourth-order valence-corrected chi connectivity index (χ4v) is 3.34. The number of hydrogen-bond acceptors (Lipinski definition) is 10. The van der Waals surface area contributed by atoms with Gasteiger partial charge in [0.1, 0.15) is 18.8 Å². The summed E-state index contributed by atoms with van der Waals surface area (Å²) in [7, 11) is 0. The van der Waals surface area contributed by atoms with Crippen molar-refractivity contribution in [1.29, 1.82) is 0 Å². The van der Waals surface area contributed by atoms with Crippen molar-refractivity contribution in [1.82, 2.24) is 5.32 Å². The highest BCUT2D eigenvalue weighted by molar-refractivity contribution is 5.79. The number of ether oxygens (including phenoxy) is 5. The van der Waals surface area contributed by atoms with Crippen LogP contribution in [0.2, 0.25) is 0 Å². The first-order valence-corrected chi connectivity index (χ1v) is 10.2. The first kappa shape index (κ1) is 25.8. The van der Waals surface area contributed by atoms with Gasteiger partial charge in [-0.1, -0.05) is 30.3 Å². The van der Waals surface area contributed by atoms with E-state index < -0.39 is 60.4 Å². The number of hydrogen-bond donors (Lipinski definition) is 1. The van der Waals surface area contributed by atoms with Gasteiger partial charge in [0, 0.05) is 27.7 Å². The van der Waals surface area contributed by atoms with E-state index in [1.807, 2.05) is 0 Å². The van der Waals surface area contributed by atoms with E-state index in [9.17, 15) is 24.0 Å². The molecule has 1 aromatic carbocycles. The van der Waals surface area contributed by atoms with Crippen LogP contribution in [0.4, 0.5) is 0 Å². The molecule has 0 aliphatic carbocycles. The van der Waals surface area contributed by atoms with E-state index in [0.717, 1.165) is 20.8 Å². The summed E-state index contributed by atoms with van der Waals surface area (Å²) in [6, 6.07) is 7.63. The Labute approximate surface area is 190 Å². The molecule has 2 unspecified atom stereocenters. The molecule has 33 heavy (non-hydrogen) atoms. The van der Waals surface area contributed by atoms with Crippen LogP contribution in [0.3, 0.4) is 0 Å². The molecular formula is C22H27NO10. The summed E-state index contributed by atoms with van der Waals surface area (Å²) in [6.45, 7) is 4.18. The van der Waals surface area contributed by atoms with E-state index in [4.69, 9.17) is 23.7 Å². The Morgan fingerprint density at radius 3 is 1.94 bits per heavy atom. The first-order chi connectivity index (χ1) is 15.6. The molecule has 0 spiro atoms. The van der Waals surface area contributed by atoms with Crippen LogP contribution in [0.15, 0.2) is 30.3 Å². The van der Waals surface area contributed by atoms with E-state index >= 15 is 0 Å². The second-order valence-electron chi connectivity index (χ2n) is 7.36. The van der Waals surface area contributed by atoms with Gasteiger partial charge >= 0.3 is 23.9 Å². The van der Waals surface area contributed by atoms with Crippen molar-refractivity contribution in [2.24, 2.45) is 0 Å². The Balaban J connectivity index is 2.37. The summed E-state index contributed by atoms with van der Waals surface area (Å²) in [5.74, 6) is -3.32. The molecule has 1 saturated heterocycles. The number of carbonyl (C=O) groups excluding carboxylic acids is 5. The van der Waals surface area contributed by atoms with Crippen LogP contribution in [0.25, 0.3) is 0 Å². The molecule has 1 aliphatic heterocycles. The van der Waals surface area contributed by atoms with Gasteiger partial charge in [-0.25, -0.2) is 0 Å². The van der Waals surface area contributed by atoms with Gasteiger partial charge in [0.2, 0.25) is 12.2 Å². The molecule has 5 atom stereocenters. The second kappa shape index (κ2) is 12.0. The number of benzene rings is 1. The normalized spacial score (nSPS) is 24.2. The third-order valence-corrected chi connectivity index (χ3v) is 4.52. The minimum atomic E-state index is -1.42. The van der Waals surface area contributed by atoms with Gasteiger partial charge in [0.15, 0.2) is 12.2 Å². The standard InChI is InChI=1S/C22H27NO10/c1-12(24)29-11-17-20(30-13(2)25)21(31-14(3)26)19(22(33-17)32-15(4)27)23-18(28)10-16-8-6-5-7-9-16/h5-9,17,19-22H,10-11H2,1-4H3,(H,23,28)/t17?,19-,20+,21-,22?/m1/s1. The van der Waals surface area contributed by atoms with Crippen molar-refractivity contribution < 1.29 is 47.7 Å². The lowest BCUT2D eigenvalue weighted by atomic mass is 9.95.